The van der Waals surface area contributed by atoms with Gasteiger partial charge in [-0.3, -0.25) is 4.90 Å². The van der Waals surface area contributed by atoms with E-state index in [2.05, 4.69) is 29.1 Å². The van der Waals surface area contributed by atoms with Gasteiger partial charge in [0.25, 0.3) is 0 Å². The minimum absolute atomic E-state index is 0.717. The molecular formula is C13H27N3. The van der Waals surface area contributed by atoms with Crippen molar-refractivity contribution in [3.8, 4) is 0 Å². The summed E-state index contributed by atoms with van der Waals surface area (Å²) in [6, 6.07) is 1.44. The van der Waals surface area contributed by atoms with Crippen LogP contribution in [0.25, 0.3) is 0 Å². The number of rotatable bonds is 4. The van der Waals surface area contributed by atoms with Crippen molar-refractivity contribution in [3.63, 3.8) is 0 Å². The van der Waals surface area contributed by atoms with Gasteiger partial charge in [0.15, 0.2) is 0 Å². The Labute approximate surface area is 100 Å². The average Bonchev–Trinajstić information content (AvgIpc) is 2.79. The van der Waals surface area contributed by atoms with Gasteiger partial charge in [0.05, 0.1) is 0 Å². The number of hydrogen-bond donors (Lipinski definition) is 1. The van der Waals surface area contributed by atoms with Crippen molar-refractivity contribution in [2.24, 2.45) is 0 Å². The first-order valence-corrected chi connectivity index (χ1v) is 6.91. The SMILES string of the molecule is CC(CNC1CCCN(C)C1)N1CCCC1. The second-order valence-electron chi connectivity index (χ2n) is 5.60. The molecule has 1 N–H and O–H groups in total. The summed E-state index contributed by atoms with van der Waals surface area (Å²) in [6.07, 6.45) is 5.51. The Bertz CT molecular complexity index is 199. The third-order valence-electron chi connectivity index (χ3n) is 4.09. The number of piperidine rings is 1. The van der Waals surface area contributed by atoms with Crippen LogP contribution in [0, 0.1) is 0 Å². The molecule has 0 aliphatic carbocycles. The minimum Gasteiger partial charge on any atom is -0.311 e. The topological polar surface area (TPSA) is 18.5 Å². The highest BCUT2D eigenvalue weighted by molar-refractivity contribution is 4.80. The lowest BCUT2D eigenvalue weighted by atomic mass is 10.1. The molecule has 94 valence electrons. The Balaban J connectivity index is 1.65. The molecule has 3 nitrogen and oxygen atoms in total. The van der Waals surface area contributed by atoms with E-state index in [1.54, 1.807) is 0 Å². The lowest BCUT2D eigenvalue weighted by molar-refractivity contribution is 0.202. The molecule has 0 bridgehead atoms. The summed E-state index contributed by atoms with van der Waals surface area (Å²) in [5.41, 5.74) is 0. The maximum absolute atomic E-state index is 3.75. The summed E-state index contributed by atoms with van der Waals surface area (Å²) in [5, 5.41) is 3.75. The van der Waals surface area contributed by atoms with E-state index in [1.165, 1.54) is 58.4 Å². The van der Waals surface area contributed by atoms with E-state index in [-0.39, 0.29) is 0 Å². The number of nitrogens with zero attached hydrogens (tertiary/aromatic N) is 2. The first-order chi connectivity index (χ1) is 7.75. The number of nitrogens with one attached hydrogen (secondary N) is 1. The molecule has 2 aliphatic rings. The predicted molar refractivity (Wildman–Crippen MR) is 68.8 cm³/mol. The summed E-state index contributed by atoms with van der Waals surface area (Å²) in [5.74, 6) is 0. The van der Waals surface area contributed by atoms with E-state index in [4.69, 9.17) is 0 Å². The Morgan fingerprint density at radius 2 is 1.94 bits per heavy atom. The Kier molecular flexibility index (Phi) is 4.62. The van der Waals surface area contributed by atoms with Crippen LogP contribution < -0.4 is 5.32 Å². The highest BCUT2D eigenvalue weighted by Gasteiger charge is 2.20. The molecule has 16 heavy (non-hydrogen) atoms. The van der Waals surface area contributed by atoms with Crippen LogP contribution in [-0.4, -0.2) is 61.7 Å². The summed E-state index contributed by atoms with van der Waals surface area (Å²) >= 11 is 0. The van der Waals surface area contributed by atoms with Crippen LogP contribution in [0.2, 0.25) is 0 Å². The molecule has 0 aromatic rings. The predicted octanol–water partition coefficient (Wildman–Crippen LogP) is 1.15. The molecule has 2 aliphatic heterocycles. The molecule has 2 atom stereocenters. The van der Waals surface area contributed by atoms with Crippen LogP contribution in [0.5, 0.6) is 0 Å². The van der Waals surface area contributed by atoms with Gasteiger partial charge >= 0.3 is 0 Å². The summed E-state index contributed by atoms with van der Waals surface area (Å²) < 4.78 is 0. The Morgan fingerprint density at radius 3 is 2.62 bits per heavy atom. The van der Waals surface area contributed by atoms with Gasteiger partial charge in [0.2, 0.25) is 0 Å². The molecule has 3 heteroatoms. The van der Waals surface area contributed by atoms with Gasteiger partial charge in [-0.05, 0) is 59.3 Å². The molecule has 0 saturated carbocycles. The lowest BCUT2D eigenvalue weighted by Crippen LogP contribution is -2.48. The van der Waals surface area contributed by atoms with E-state index < -0.39 is 0 Å². The van der Waals surface area contributed by atoms with Crippen LogP contribution in [0.1, 0.15) is 32.6 Å². The van der Waals surface area contributed by atoms with E-state index in [0.29, 0.717) is 0 Å². The number of hydrogen-bond acceptors (Lipinski definition) is 3. The van der Waals surface area contributed by atoms with Gasteiger partial charge in [0, 0.05) is 25.2 Å². The van der Waals surface area contributed by atoms with Crippen molar-refractivity contribution in [2.45, 2.75) is 44.7 Å². The van der Waals surface area contributed by atoms with Crippen LogP contribution in [0.15, 0.2) is 0 Å². The largest absolute Gasteiger partial charge is 0.311 e. The highest BCUT2D eigenvalue weighted by atomic mass is 15.2. The second kappa shape index (κ2) is 5.99. The lowest BCUT2D eigenvalue weighted by Gasteiger charge is -2.32. The third kappa shape index (κ3) is 3.44. The van der Waals surface area contributed by atoms with Crippen molar-refractivity contribution in [1.29, 1.82) is 0 Å². The number of likely N-dealkylation sites (N-methyl/N-ethyl adjacent to an activating group) is 1. The van der Waals surface area contributed by atoms with E-state index in [9.17, 15) is 0 Å². The normalized spacial score (nSPS) is 30.8. The molecule has 0 spiro atoms. The van der Waals surface area contributed by atoms with E-state index in [1.807, 2.05) is 0 Å². The Hall–Kier alpha value is -0.120. The molecular weight excluding hydrogens is 198 g/mol. The molecule has 2 fully saturated rings. The second-order valence-corrected chi connectivity index (χ2v) is 5.60. The molecule has 0 radical (unpaired) electrons. The van der Waals surface area contributed by atoms with Gasteiger partial charge in [0.1, 0.15) is 0 Å². The van der Waals surface area contributed by atoms with Crippen molar-refractivity contribution in [1.82, 2.24) is 15.1 Å². The monoisotopic (exact) mass is 225 g/mol. The van der Waals surface area contributed by atoms with Crippen LogP contribution in [-0.2, 0) is 0 Å². The smallest absolute Gasteiger partial charge is 0.0196 e. The third-order valence-corrected chi connectivity index (χ3v) is 4.09. The highest BCUT2D eigenvalue weighted by Crippen LogP contribution is 2.12. The fourth-order valence-electron chi connectivity index (χ4n) is 2.98. The maximum Gasteiger partial charge on any atom is 0.0196 e. The molecule has 2 heterocycles. The minimum atomic E-state index is 0.717. The summed E-state index contributed by atoms with van der Waals surface area (Å²) in [6.45, 7) is 8.66. The first-order valence-electron chi connectivity index (χ1n) is 6.91. The van der Waals surface area contributed by atoms with Gasteiger partial charge in [-0.1, -0.05) is 0 Å². The fourth-order valence-corrected chi connectivity index (χ4v) is 2.98. The maximum atomic E-state index is 3.75. The number of likely N-dealkylation sites (tertiary alicyclic amines) is 2. The quantitative estimate of drug-likeness (QED) is 0.774. The standard InChI is InChI=1S/C13H27N3/c1-12(16-8-3-4-9-16)10-14-13-6-5-7-15(2)11-13/h12-14H,3-11H2,1-2H3. The molecule has 2 saturated heterocycles. The van der Waals surface area contributed by atoms with Gasteiger partial charge in [-0.2, -0.15) is 0 Å². The van der Waals surface area contributed by atoms with E-state index in [0.717, 1.165) is 12.1 Å². The van der Waals surface area contributed by atoms with Crippen molar-refractivity contribution in [2.75, 3.05) is 39.8 Å². The Morgan fingerprint density at radius 1 is 1.19 bits per heavy atom. The molecule has 0 aromatic carbocycles. The van der Waals surface area contributed by atoms with Crippen LogP contribution in [0.3, 0.4) is 0 Å². The molecule has 2 rings (SSSR count). The van der Waals surface area contributed by atoms with E-state index >= 15 is 0 Å². The molecule has 2 unspecified atom stereocenters. The van der Waals surface area contributed by atoms with Gasteiger partial charge in [-0.25, -0.2) is 0 Å². The molecule has 0 amide bonds. The van der Waals surface area contributed by atoms with Gasteiger partial charge in [-0.15, -0.1) is 0 Å². The zero-order chi connectivity index (χ0) is 11.4. The van der Waals surface area contributed by atoms with Crippen molar-refractivity contribution in [3.05, 3.63) is 0 Å². The first kappa shape index (κ1) is 12.3. The zero-order valence-electron chi connectivity index (χ0n) is 10.9. The van der Waals surface area contributed by atoms with Gasteiger partial charge < -0.3 is 10.2 Å². The molecule has 0 aromatic heterocycles. The summed E-state index contributed by atoms with van der Waals surface area (Å²) in [4.78, 5) is 5.07. The summed E-state index contributed by atoms with van der Waals surface area (Å²) in [7, 11) is 2.23. The zero-order valence-corrected chi connectivity index (χ0v) is 10.9. The van der Waals surface area contributed by atoms with Crippen molar-refractivity contribution < 1.29 is 0 Å². The van der Waals surface area contributed by atoms with Crippen molar-refractivity contribution >= 4 is 0 Å². The fraction of sp³-hybridized carbons (Fsp3) is 1.00. The van der Waals surface area contributed by atoms with Crippen LogP contribution in [0.4, 0.5) is 0 Å². The average molecular weight is 225 g/mol. The van der Waals surface area contributed by atoms with Crippen LogP contribution >= 0.6 is 0 Å².